The van der Waals surface area contributed by atoms with Gasteiger partial charge in [0, 0.05) is 5.56 Å². The molecule has 0 fully saturated rings. The molecule has 0 aliphatic rings. The fourth-order valence-corrected chi connectivity index (χ4v) is 3.35. The minimum Gasteiger partial charge on any atom is -0.497 e. The first-order chi connectivity index (χ1) is 13.1. The van der Waals surface area contributed by atoms with Crippen molar-refractivity contribution in [1.82, 2.24) is 20.2 Å². The van der Waals surface area contributed by atoms with Gasteiger partial charge in [-0.15, -0.1) is 5.10 Å². The molecule has 7 nitrogen and oxygen atoms in total. The number of nitrogens with zero attached hydrogens (tertiary/aromatic N) is 4. The molecule has 1 atom stereocenters. The third-order valence-corrected chi connectivity index (χ3v) is 4.89. The van der Waals surface area contributed by atoms with Crippen LogP contribution in [0, 0.1) is 0 Å². The predicted molar refractivity (Wildman–Crippen MR) is 103 cm³/mol. The molecule has 0 radical (unpaired) electrons. The Hall–Kier alpha value is -2.87. The van der Waals surface area contributed by atoms with Crippen LogP contribution >= 0.6 is 11.8 Å². The average molecular weight is 384 g/mol. The molecule has 0 N–H and O–H groups in total. The van der Waals surface area contributed by atoms with Crippen molar-refractivity contribution < 1.29 is 14.3 Å². The number of tetrazole rings is 1. The zero-order valence-electron chi connectivity index (χ0n) is 15.3. The number of aromatic nitrogens is 4. The third-order valence-electron chi connectivity index (χ3n) is 3.86. The molecular formula is C19H20N4O3S. The lowest BCUT2D eigenvalue weighted by molar-refractivity contribution is 0.0994. The summed E-state index contributed by atoms with van der Waals surface area (Å²) < 4.78 is 12.2. The van der Waals surface area contributed by atoms with E-state index in [0.717, 1.165) is 17.2 Å². The van der Waals surface area contributed by atoms with Crippen molar-refractivity contribution in [2.45, 2.75) is 24.3 Å². The highest BCUT2D eigenvalue weighted by molar-refractivity contribution is 8.00. The summed E-state index contributed by atoms with van der Waals surface area (Å²) in [5, 5.41) is 12.0. The van der Waals surface area contributed by atoms with Crippen molar-refractivity contribution in [3.8, 4) is 17.2 Å². The summed E-state index contributed by atoms with van der Waals surface area (Å²) in [7, 11) is 1.61. The van der Waals surface area contributed by atoms with Crippen LogP contribution in [0.2, 0.25) is 0 Å². The number of hydrogen-bond donors (Lipinski definition) is 0. The summed E-state index contributed by atoms with van der Waals surface area (Å²) in [6, 6.07) is 14.5. The third kappa shape index (κ3) is 4.46. The number of ketones is 1. The van der Waals surface area contributed by atoms with Gasteiger partial charge in [0.15, 0.2) is 5.78 Å². The zero-order chi connectivity index (χ0) is 19.2. The molecule has 3 rings (SSSR count). The molecule has 8 heteroatoms. The van der Waals surface area contributed by atoms with E-state index in [1.807, 2.05) is 38.1 Å². The molecule has 1 heterocycles. The molecule has 2 aromatic carbocycles. The Labute approximate surface area is 161 Å². The maximum atomic E-state index is 12.7. The second-order valence-corrected chi connectivity index (χ2v) is 6.96. The molecule has 0 amide bonds. The number of methoxy groups -OCH3 is 1. The number of carbonyl (C=O) groups is 1. The van der Waals surface area contributed by atoms with Gasteiger partial charge in [0.25, 0.3) is 0 Å². The van der Waals surface area contributed by atoms with Gasteiger partial charge in [-0.25, -0.2) is 0 Å². The van der Waals surface area contributed by atoms with Gasteiger partial charge in [-0.3, -0.25) is 4.79 Å². The highest BCUT2D eigenvalue weighted by Gasteiger charge is 2.20. The van der Waals surface area contributed by atoms with Gasteiger partial charge in [-0.2, -0.15) is 4.68 Å². The number of hydrogen-bond acceptors (Lipinski definition) is 7. The van der Waals surface area contributed by atoms with Crippen molar-refractivity contribution in [2.75, 3.05) is 13.7 Å². The molecule has 0 bridgehead atoms. The molecule has 0 saturated heterocycles. The van der Waals surface area contributed by atoms with E-state index in [4.69, 9.17) is 9.47 Å². The highest BCUT2D eigenvalue weighted by Crippen LogP contribution is 2.26. The minimum absolute atomic E-state index is 0.00679. The first kappa shape index (κ1) is 18.9. The number of benzene rings is 2. The number of thioether (sulfide) groups is 1. The van der Waals surface area contributed by atoms with Crippen molar-refractivity contribution >= 4 is 17.5 Å². The van der Waals surface area contributed by atoms with Crippen LogP contribution in [0.3, 0.4) is 0 Å². The lowest BCUT2D eigenvalue weighted by Gasteiger charge is -2.11. The van der Waals surface area contributed by atoms with Gasteiger partial charge < -0.3 is 9.47 Å². The Morgan fingerprint density at radius 1 is 1.11 bits per heavy atom. The Bertz CT molecular complexity index is 894. The van der Waals surface area contributed by atoms with Crippen molar-refractivity contribution in [3.63, 3.8) is 0 Å². The van der Waals surface area contributed by atoms with Crippen LogP contribution < -0.4 is 9.47 Å². The Balaban J connectivity index is 1.73. The Morgan fingerprint density at radius 3 is 2.41 bits per heavy atom. The first-order valence-corrected chi connectivity index (χ1v) is 9.37. The Morgan fingerprint density at radius 2 is 1.78 bits per heavy atom. The van der Waals surface area contributed by atoms with Crippen LogP contribution in [0.25, 0.3) is 5.69 Å². The van der Waals surface area contributed by atoms with E-state index in [-0.39, 0.29) is 11.0 Å². The summed E-state index contributed by atoms with van der Waals surface area (Å²) in [6.45, 7) is 4.36. The number of carbonyl (C=O) groups excluding carboxylic acids is 1. The van der Waals surface area contributed by atoms with Gasteiger partial charge in [0.05, 0.1) is 24.7 Å². The summed E-state index contributed by atoms with van der Waals surface area (Å²) in [6.07, 6.45) is 0. The fraction of sp³-hybridized carbons (Fsp3) is 0.263. The number of ether oxygens (including phenoxy) is 2. The monoisotopic (exact) mass is 384 g/mol. The van der Waals surface area contributed by atoms with Crippen LogP contribution in [0.1, 0.15) is 24.2 Å². The quantitative estimate of drug-likeness (QED) is 0.435. The molecule has 0 spiro atoms. The van der Waals surface area contributed by atoms with Crippen LogP contribution in [-0.2, 0) is 0 Å². The SMILES string of the molecule is CCOc1ccc(C(=O)C(C)Sc2nnnn2-c2ccc(OC)cc2)cc1. The summed E-state index contributed by atoms with van der Waals surface area (Å²) >= 11 is 1.31. The lowest BCUT2D eigenvalue weighted by Crippen LogP contribution is -2.14. The van der Waals surface area contributed by atoms with Crippen molar-refractivity contribution in [3.05, 3.63) is 54.1 Å². The van der Waals surface area contributed by atoms with E-state index in [0.29, 0.717) is 17.3 Å². The van der Waals surface area contributed by atoms with E-state index in [1.54, 1.807) is 36.1 Å². The molecule has 1 unspecified atom stereocenters. The second-order valence-electron chi connectivity index (χ2n) is 5.65. The van der Waals surface area contributed by atoms with E-state index >= 15 is 0 Å². The molecule has 3 aromatic rings. The lowest BCUT2D eigenvalue weighted by atomic mass is 10.1. The number of Topliss-reactive ketones (excluding diaryl/α,β-unsaturated/α-hetero) is 1. The standard InChI is InChI=1S/C19H20N4O3S/c1-4-26-17-9-5-14(6-10-17)18(24)13(2)27-19-20-21-22-23(19)15-7-11-16(25-3)12-8-15/h5-13H,4H2,1-3H3. The summed E-state index contributed by atoms with van der Waals surface area (Å²) in [5.41, 5.74) is 1.42. The molecule has 1 aromatic heterocycles. The van der Waals surface area contributed by atoms with E-state index in [2.05, 4.69) is 15.5 Å². The van der Waals surface area contributed by atoms with E-state index in [1.165, 1.54) is 11.8 Å². The minimum atomic E-state index is -0.342. The second kappa shape index (κ2) is 8.68. The Kier molecular flexibility index (Phi) is 6.08. The van der Waals surface area contributed by atoms with Crippen LogP contribution in [0.5, 0.6) is 11.5 Å². The molecular weight excluding hydrogens is 364 g/mol. The highest BCUT2D eigenvalue weighted by atomic mass is 32.2. The molecule has 0 aliphatic carbocycles. The fourth-order valence-electron chi connectivity index (χ4n) is 2.47. The van der Waals surface area contributed by atoms with Gasteiger partial charge in [-0.1, -0.05) is 11.8 Å². The predicted octanol–water partition coefficient (Wildman–Crippen LogP) is 3.43. The van der Waals surface area contributed by atoms with Crippen LogP contribution in [0.15, 0.2) is 53.7 Å². The van der Waals surface area contributed by atoms with Gasteiger partial charge in [0.2, 0.25) is 5.16 Å². The first-order valence-electron chi connectivity index (χ1n) is 8.49. The zero-order valence-corrected chi connectivity index (χ0v) is 16.1. The summed E-state index contributed by atoms with van der Waals surface area (Å²) in [4.78, 5) is 12.7. The van der Waals surface area contributed by atoms with Crippen LogP contribution in [0.4, 0.5) is 0 Å². The largest absolute Gasteiger partial charge is 0.497 e. The molecule has 27 heavy (non-hydrogen) atoms. The molecule has 0 aliphatic heterocycles. The maximum Gasteiger partial charge on any atom is 0.214 e. The average Bonchev–Trinajstić information content (AvgIpc) is 3.16. The van der Waals surface area contributed by atoms with Crippen molar-refractivity contribution in [1.29, 1.82) is 0 Å². The normalized spacial score (nSPS) is 11.8. The smallest absolute Gasteiger partial charge is 0.214 e. The van der Waals surface area contributed by atoms with Crippen molar-refractivity contribution in [2.24, 2.45) is 0 Å². The van der Waals surface area contributed by atoms with Crippen LogP contribution in [-0.4, -0.2) is 45.0 Å². The van der Waals surface area contributed by atoms with Gasteiger partial charge in [-0.05, 0) is 72.8 Å². The van der Waals surface area contributed by atoms with Gasteiger partial charge in [0.1, 0.15) is 11.5 Å². The number of rotatable bonds is 8. The van der Waals surface area contributed by atoms with Gasteiger partial charge >= 0.3 is 0 Å². The molecule has 140 valence electrons. The topological polar surface area (TPSA) is 79.1 Å². The van der Waals surface area contributed by atoms with E-state index < -0.39 is 0 Å². The molecule has 0 saturated carbocycles. The van der Waals surface area contributed by atoms with E-state index in [9.17, 15) is 4.79 Å². The maximum absolute atomic E-state index is 12.7. The summed E-state index contributed by atoms with van der Waals surface area (Å²) in [5.74, 6) is 1.50.